The fourth-order valence-corrected chi connectivity index (χ4v) is 0.919. The van der Waals surface area contributed by atoms with E-state index in [1.807, 2.05) is 0 Å². The molecule has 0 fully saturated rings. The molecule has 0 rings (SSSR count). The van der Waals surface area contributed by atoms with Crippen LogP contribution in [0.4, 0.5) is 92.2 Å². The Hall–Kier alpha value is -2.79. The maximum Gasteiger partial charge on any atom is 3.00 e. The zero-order valence-electron chi connectivity index (χ0n) is 21.0. The molecule has 0 saturated heterocycles. The van der Waals surface area contributed by atoms with E-state index in [1.54, 1.807) is 0 Å². The zero-order chi connectivity index (χ0) is 33.2. The van der Waals surface area contributed by atoms with Crippen LogP contribution in [0.5, 0.6) is 0 Å². The van der Waals surface area contributed by atoms with Crippen molar-refractivity contribution in [1.82, 2.24) is 36.9 Å². The van der Waals surface area contributed by atoms with E-state index in [4.69, 9.17) is 0 Å². The fraction of sp³-hybridized carbons (Fsp3) is 0.750. The van der Waals surface area contributed by atoms with Gasteiger partial charge in [-0.05, 0) is 0 Å². The molecule has 0 amide bonds. The predicted molar refractivity (Wildman–Crippen MR) is 93.0 cm³/mol. The number of carboxylic acids is 3. The van der Waals surface area contributed by atoms with Crippen molar-refractivity contribution in [3.05, 3.63) is 0 Å². The van der Waals surface area contributed by atoms with Crippen LogP contribution in [-0.4, -0.2) is 72.0 Å². The summed E-state index contributed by atoms with van der Waals surface area (Å²) in [4.78, 5) is 27.8. The van der Waals surface area contributed by atoms with E-state index >= 15 is 0 Å². The van der Waals surface area contributed by atoms with Gasteiger partial charge in [-0.2, -0.15) is 92.2 Å². The summed E-state index contributed by atoms with van der Waals surface area (Å²) in [6.45, 7) is 0. The third-order valence-electron chi connectivity index (χ3n) is 3.02. The van der Waals surface area contributed by atoms with Crippen LogP contribution in [0.25, 0.3) is 0 Å². The van der Waals surface area contributed by atoms with Gasteiger partial charge in [-0.1, -0.05) is 0 Å². The van der Waals surface area contributed by atoms with Crippen molar-refractivity contribution in [2.24, 2.45) is 0 Å². The monoisotopic (exact) mass is 800 g/mol. The molecule has 0 spiro atoms. The van der Waals surface area contributed by atoms with Crippen molar-refractivity contribution < 1.29 is 139 Å². The molecule has 0 unspecified atom stereocenters. The second-order valence-electron chi connectivity index (χ2n) is 5.80. The van der Waals surface area contributed by atoms with Crippen molar-refractivity contribution in [2.75, 3.05) is 0 Å². The van der Waals surface area contributed by atoms with Gasteiger partial charge in [-0.15, -0.1) is 0 Å². The number of alkyl halides is 21. The van der Waals surface area contributed by atoms with Crippen LogP contribution in [0.2, 0.25) is 0 Å². The van der Waals surface area contributed by atoms with Crippen molar-refractivity contribution in [3.8, 4) is 0 Å². The molecule has 0 aliphatic carbocycles. The third kappa shape index (κ3) is 13.9. The van der Waals surface area contributed by atoms with E-state index in [-0.39, 0.29) is 53.7 Å². The van der Waals surface area contributed by atoms with Crippen molar-refractivity contribution in [1.29, 1.82) is 0 Å². The smallest absolute Gasteiger partial charge is 0.544 e. The Morgan fingerprint density at radius 3 is 0.413 bits per heavy atom. The number of aliphatic carboxylic acids is 3. The molecule has 0 saturated carbocycles. The Morgan fingerprint density at radius 2 is 0.391 bits per heavy atom. The van der Waals surface area contributed by atoms with E-state index in [2.05, 4.69) is 0 Å². The summed E-state index contributed by atoms with van der Waals surface area (Å²) >= 11 is 0. The molecule has 0 heterocycles. The molecule has 0 atom stereocenters. The van der Waals surface area contributed by atoms with E-state index in [9.17, 15) is 122 Å². The molecule has 0 aromatic heterocycles. The van der Waals surface area contributed by atoms with Gasteiger partial charge in [0.25, 0.3) is 0 Å². The van der Waals surface area contributed by atoms with Gasteiger partial charge in [-0.3, -0.25) is 0 Å². The number of hydrogen-bond donors (Lipinski definition) is 6. The van der Waals surface area contributed by atoms with Crippen LogP contribution in [0, 0.1) is 0 Å². The quantitative estimate of drug-likeness (QED) is 0.211. The minimum atomic E-state index is -6.64. The Kier molecular flexibility index (Phi) is 30.0. The summed E-state index contributed by atoms with van der Waals surface area (Å²) in [7, 11) is 0. The number of hydrogen-bond acceptors (Lipinski definition) is 12. The van der Waals surface area contributed by atoms with Gasteiger partial charge in [0.2, 0.25) is 0 Å². The van der Waals surface area contributed by atoms with Gasteiger partial charge in [-0.25, -0.2) is 0 Å². The first-order chi connectivity index (χ1) is 16.3. The van der Waals surface area contributed by atoms with Gasteiger partial charge >= 0.3 is 70.8 Å². The van der Waals surface area contributed by atoms with Crippen LogP contribution in [0.3, 0.4) is 0 Å². The normalized spacial score (nSPS) is 12.2. The molecule has 12 nitrogen and oxygen atoms in total. The van der Waals surface area contributed by atoms with E-state index < -0.39 is 72.0 Å². The molecule has 0 radical (unpaired) electrons. The third-order valence-corrected chi connectivity index (χ3v) is 3.02. The van der Waals surface area contributed by atoms with E-state index in [0.717, 1.165) is 0 Å². The van der Waals surface area contributed by atoms with Crippen LogP contribution in [0.15, 0.2) is 0 Å². The minimum absolute atomic E-state index is 0. The van der Waals surface area contributed by atoms with Gasteiger partial charge in [0.15, 0.2) is 0 Å². The number of carbonyl (C=O) groups is 3. The summed E-state index contributed by atoms with van der Waals surface area (Å²) < 4.78 is 241. The molecule has 288 valence electrons. The average Bonchev–Trinajstić information content (AvgIpc) is 2.65. The second-order valence-corrected chi connectivity index (χ2v) is 5.80. The van der Waals surface area contributed by atoms with E-state index in [1.165, 1.54) is 0 Å². The van der Waals surface area contributed by atoms with Crippen LogP contribution in [-0.2, 0) is 31.2 Å². The number of halogens is 21. The summed E-state index contributed by atoms with van der Waals surface area (Å²) in [5.41, 5.74) is 0. The van der Waals surface area contributed by atoms with E-state index in [0.29, 0.717) is 0 Å². The molecule has 0 aromatic carbocycles. The van der Waals surface area contributed by atoms with Gasteiger partial charge in [0.05, 0.1) is 0 Å². The number of rotatable bonds is 6. The molecular formula is C12H18CoF21N6O6. The van der Waals surface area contributed by atoms with Crippen LogP contribution < -0.4 is 52.2 Å². The molecule has 46 heavy (non-hydrogen) atoms. The van der Waals surface area contributed by atoms with Gasteiger partial charge in [0.1, 0.15) is 17.9 Å². The Labute approximate surface area is 248 Å². The Morgan fingerprint density at radius 1 is 0.304 bits per heavy atom. The van der Waals surface area contributed by atoms with Crippen molar-refractivity contribution in [2.45, 2.75) is 54.1 Å². The fourth-order valence-electron chi connectivity index (χ4n) is 0.919. The molecule has 34 heteroatoms. The second kappa shape index (κ2) is 19.8. The molecule has 0 aliphatic rings. The minimum Gasteiger partial charge on any atom is -0.544 e. The maximum atomic E-state index is 11.7. The maximum absolute atomic E-state index is 11.7. The summed E-state index contributed by atoms with van der Waals surface area (Å²) in [5.74, 6) is -50.1. The summed E-state index contributed by atoms with van der Waals surface area (Å²) in [5, 5.41) is 27.8. The van der Waals surface area contributed by atoms with Crippen LogP contribution in [0.1, 0.15) is 0 Å². The first-order valence-corrected chi connectivity index (χ1v) is 7.44. The van der Waals surface area contributed by atoms with Gasteiger partial charge < -0.3 is 66.6 Å². The Balaban J connectivity index is -0.0000000491. The average molecular weight is 800 g/mol. The number of carbonyl (C=O) groups excluding carboxylic acids is 3. The molecule has 0 bridgehead atoms. The predicted octanol–water partition coefficient (Wildman–Crippen LogP) is 2.68. The largest absolute Gasteiger partial charge is 3.00 e. The molecule has 18 N–H and O–H groups in total. The first-order valence-electron chi connectivity index (χ1n) is 7.44. The van der Waals surface area contributed by atoms with Crippen LogP contribution >= 0.6 is 0 Å². The summed E-state index contributed by atoms with van der Waals surface area (Å²) in [6, 6.07) is 0. The van der Waals surface area contributed by atoms with Crippen molar-refractivity contribution >= 4 is 17.9 Å². The van der Waals surface area contributed by atoms with Gasteiger partial charge in [0, 0.05) is 0 Å². The zero-order valence-corrected chi connectivity index (χ0v) is 22.0. The molecular weight excluding hydrogens is 782 g/mol. The summed E-state index contributed by atoms with van der Waals surface area (Å²) in [6.07, 6.45) is -19.9. The SMILES string of the molecule is N.N.N.N.N.N.O=C([O-])C(F)(F)C(F)(F)C(F)(F)F.O=C([O-])C(F)(F)C(F)(F)C(F)(F)F.O=C([O-])C(F)(F)C(F)(F)C(F)(F)F.[Co+3]. The molecule has 0 aliphatic heterocycles. The number of carboxylic acid groups (broad SMARTS) is 3. The first kappa shape index (κ1) is 69.8. The standard InChI is InChI=1S/3C4HF7O2.Co.6H3N/c3*5-2(6,1(12)13)3(7,8)4(9,10)11;;;;;;;/h3*(H,12,13);;6*1H3/q;;;+3;;;;;;/p-3. The topological polar surface area (TPSA) is 330 Å². The van der Waals surface area contributed by atoms with Crippen molar-refractivity contribution in [3.63, 3.8) is 0 Å². The molecule has 0 aromatic rings. The Bertz CT molecular complexity index is 798.